The summed E-state index contributed by atoms with van der Waals surface area (Å²) < 4.78 is 0. The molecule has 2 bridgehead atoms. The zero-order valence-electron chi connectivity index (χ0n) is 18.6. The number of amides is 2. The number of piperidine rings is 1. The third kappa shape index (κ3) is 3.17. The number of hydrogen-bond acceptors (Lipinski definition) is 3. The van der Waals surface area contributed by atoms with E-state index in [0.717, 1.165) is 37.8 Å². The third-order valence-electron chi connectivity index (χ3n) is 7.95. The van der Waals surface area contributed by atoms with E-state index in [2.05, 4.69) is 33.8 Å². The third-order valence-corrected chi connectivity index (χ3v) is 7.95. The molecule has 2 aromatic rings. The van der Waals surface area contributed by atoms with Gasteiger partial charge in [-0.2, -0.15) is 0 Å². The molecule has 2 aliphatic heterocycles. The van der Waals surface area contributed by atoms with Gasteiger partial charge in [-0.05, 0) is 56.7 Å². The summed E-state index contributed by atoms with van der Waals surface area (Å²) in [6.45, 7) is 5.93. The van der Waals surface area contributed by atoms with Gasteiger partial charge in [0.15, 0.2) is 0 Å². The van der Waals surface area contributed by atoms with Crippen LogP contribution in [-0.2, 0) is 11.2 Å². The number of pyridine rings is 1. The lowest BCUT2D eigenvalue weighted by molar-refractivity contribution is -0.133. The topological polar surface area (TPSA) is 53.5 Å². The molecule has 5 rings (SSSR count). The van der Waals surface area contributed by atoms with E-state index in [1.165, 1.54) is 5.56 Å². The van der Waals surface area contributed by atoms with Crippen LogP contribution in [0.4, 0.5) is 0 Å². The van der Waals surface area contributed by atoms with Crippen LogP contribution in [0.25, 0.3) is 0 Å². The molecule has 0 radical (unpaired) electrons. The van der Waals surface area contributed by atoms with Crippen LogP contribution in [0, 0.1) is 12.3 Å². The van der Waals surface area contributed by atoms with E-state index in [1.54, 1.807) is 6.92 Å². The van der Waals surface area contributed by atoms with Crippen molar-refractivity contribution in [1.29, 1.82) is 0 Å². The fourth-order valence-corrected chi connectivity index (χ4v) is 6.72. The molecule has 5 nitrogen and oxygen atoms in total. The molecule has 1 aromatic heterocycles. The zero-order valence-corrected chi connectivity index (χ0v) is 18.6. The molecule has 3 fully saturated rings. The predicted octanol–water partition coefficient (Wildman–Crippen LogP) is 4.01. The fourth-order valence-electron chi connectivity index (χ4n) is 6.72. The first kappa shape index (κ1) is 20.2. The number of fused-ring (bicyclic) bond motifs is 1. The first-order chi connectivity index (χ1) is 14.9. The van der Waals surface area contributed by atoms with Gasteiger partial charge in [0, 0.05) is 30.1 Å². The second-order valence-corrected chi connectivity index (χ2v) is 9.80. The first-order valence-corrected chi connectivity index (χ1v) is 11.5. The Hall–Kier alpha value is -2.69. The maximum Gasteiger partial charge on any atom is 0.273 e. The average Bonchev–Trinajstić information content (AvgIpc) is 3.07. The highest BCUT2D eigenvalue weighted by atomic mass is 16.2. The Balaban J connectivity index is 1.62. The van der Waals surface area contributed by atoms with E-state index in [9.17, 15) is 9.59 Å². The van der Waals surface area contributed by atoms with Gasteiger partial charge in [-0.1, -0.05) is 43.3 Å². The molecule has 1 saturated carbocycles. The zero-order chi connectivity index (χ0) is 21.8. The molecular formula is C26H31N3O2. The Kier molecular flexibility index (Phi) is 4.87. The molecule has 1 aliphatic carbocycles. The van der Waals surface area contributed by atoms with Gasteiger partial charge < -0.3 is 9.80 Å². The number of nitrogens with zero attached hydrogens (tertiary/aromatic N) is 3. The molecule has 5 heteroatoms. The highest BCUT2D eigenvalue weighted by Crippen LogP contribution is 2.56. The number of carbonyl (C=O) groups is 2. The van der Waals surface area contributed by atoms with Crippen molar-refractivity contribution >= 4 is 11.8 Å². The van der Waals surface area contributed by atoms with Crippen LogP contribution in [-0.4, -0.2) is 50.8 Å². The second kappa shape index (κ2) is 7.47. The Bertz CT molecular complexity index is 1010. The van der Waals surface area contributed by atoms with Crippen LogP contribution >= 0.6 is 0 Å². The van der Waals surface area contributed by atoms with Crippen molar-refractivity contribution in [3.05, 3.63) is 65.5 Å². The lowest BCUT2D eigenvalue weighted by atomic mass is 9.64. The normalized spacial score (nSPS) is 31.6. The van der Waals surface area contributed by atoms with Crippen molar-refractivity contribution in [1.82, 2.24) is 14.8 Å². The van der Waals surface area contributed by atoms with Gasteiger partial charge >= 0.3 is 0 Å². The first-order valence-electron chi connectivity index (χ1n) is 11.5. The van der Waals surface area contributed by atoms with E-state index < -0.39 is 0 Å². The van der Waals surface area contributed by atoms with Crippen molar-refractivity contribution < 1.29 is 9.59 Å². The smallest absolute Gasteiger partial charge is 0.273 e. The molecule has 3 aliphatic rings. The summed E-state index contributed by atoms with van der Waals surface area (Å²) in [4.78, 5) is 35.6. The number of carbonyl (C=O) groups excluding carboxylic acids is 2. The van der Waals surface area contributed by atoms with Crippen molar-refractivity contribution in [3.8, 4) is 0 Å². The molecule has 0 N–H and O–H groups in total. The van der Waals surface area contributed by atoms with E-state index in [1.807, 2.05) is 43.3 Å². The quantitative estimate of drug-likeness (QED) is 0.758. The molecule has 3 heterocycles. The lowest BCUT2D eigenvalue weighted by Crippen LogP contribution is -2.62. The SMILES string of the molecule is CC(=O)N1[C@H]2CCC[C@H]3N(C(=O)c4cccc(C)n4)[C@@H](Cc4ccccc4)[C@@H]1C[C@@]23C. The van der Waals surface area contributed by atoms with Gasteiger partial charge in [-0.15, -0.1) is 0 Å². The van der Waals surface area contributed by atoms with Crippen LogP contribution in [0.1, 0.15) is 61.3 Å². The summed E-state index contributed by atoms with van der Waals surface area (Å²) in [5.74, 6) is 0.150. The maximum absolute atomic E-state index is 14.0. The highest BCUT2D eigenvalue weighted by molar-refractivity contribution is 5.93. The molecular weight excluding hydrogens is 386 g/mol. The van der Waals surface area contributed by atoms with Crippen molar-refractivity contribution in [2.45, 2.75) is 77.0 Å². The molecule has 0 unspecified atom stereocenters. The van der Waals surface area contributed by atoms with Crippen LogP contribution < -0.4 is 0 Å². The molecule has 5 atom stereocenters. The van der Waals surface area contributed by atoms with Crippen molar-refractivity contribution in [2.24, 2.45) is 5.41 Å². The molecule has 2 saturated heterocycles. The van der Waals surface area contributed by atoms with Crippen LogP contribution in [0.15, 0.2) is 48.5 Å². The van der Waals surface area contributed by atoms with Gasteiger partial charge in [0.2, 0.25) is 5.91 Å². The summed E-state index contributed by atoms with van der Waals surface area (Å²) in [6, 6.07) is 16.4. The summed E-state index contributed by atoms with van der Waals surface area (Å²) in [5.41, 5.74) is 2.51. The minimum absolute atomic E-state index is 0.0107. The van der Waals surface area contributed by atoms with E-state index >= 15 is 0 Å². The van der Waals surface area contributed by atoms with Gasteiger partial charge in [0.1, 0.15) is 5.69 Å². The minimum Gasteiger partial charge on any atom is -0.334 e. The molecule has 162 valence electrons. The summed E-state index contributed by atoms with van der Waals surface area (Å²) in [7, 11) is 0. The van der Waals surface area contributed by atoms with E-state index in [0.29, 0.717) is 5.69 Å². The van der Waals surface area contributed by atoms with Crippen molar-refractivity contribution in [3.63, 3.8) is 0 Å². The molecule has 0 spiro atoms. The molecule has 1 aromatic carbocycles. The summed E-state index contributed by atoms with van der Waals surface area (Å²) >= 11 is 0. The Morgan fingerprint density at radius 3 is 2.42 bits per heavy atom. The number of hydrogen-bond donors (Lipinski definition) is 0. The predicted molar refractivity (Wildman–Crippen MR) is 120 cm³/mol. The van der Waals surface area contributed by atoms with Crippen LogP contribution in [0.2, 0.25) is 0 Å². The Labute approximate surface area is 184 Å². The second-order valence-electron chi connectivity index (χ2n) is 9.80. The van der Waals surface area contributed by atoms with Crippen LogP contribution in [0.5, 0.6) is 0 Å². The number of likely N-dealkylation sites (tertiary alicyclic amines) is 2. The summed E-state index contributed by atoms with van der Waals surface area (Å²) in [6.07, 6.45) is 4.81. The van der Waals surface area contributed by atoms with Gasteiger partial charge in [-0.25, -0.2) is 4.98 Å². The van der Waals surface area contributed by atoms with Gasteiger partial charge in [0.05, 0.1) is 12.1 Å². The molecule has 2 amide bonds. The lowest BCUT2D eigenvalue weighted by Gasteiger charge is -2.52. The fraction of sp³-hybridized carbons (Fsp3) is 0.500. The van der Waals surface area contributed by atoms with Crippen LogP contribution in [0.3, 0.4) is 0 Å². The minimum atomic E-state index is -0.0543. The van der Waals surface area contributed by atoms with Gasteiger partial charge in [-0.3, -0.25) is 9.59 Å². The average molecular weight is 418 g/mol. The number of benzene rings is 1. The maximum atomic E-state index is 14.0. The standard InChI is InChI=1S/C26H31N3O2/c1-17-9-7-12-20(27-17)25(31)29-21(15-19-10-5-4-6-11-19)22-16-26(3)23(28(22)18(2)30)13-8-14-24(26)29/h4-7,9-12,21-24H,8,13-16H2,1-3H3/t21-,22-,23-,24+,26-/m0/s1. The Morgan fingerprint density at radius 2 is 1.74 bits per heavy atom. The van der Waals surface area contributed by atoms with Crippen molar-refractivity contribution in [2.75, 3.05) is 0 Å². The Morgan fingerprint density at radius 1 is 1.03 bits per heavy atom. The molecule has 31 heavy (non-hydrogen) atoms. The van der Waals surface area contributed by atoms with E-state index in [-0.39, 0.29) is 41.4 Å². The number of aromatic nitrogens is 1. The number of rotatable bonds is 3. The summed E-state index contributed by atoms with van der Waals surface area (Å²) in [5, 5.41) is 0. The monoisotopic (exact) mass is 417 g/mol. The number of aryl methyl sites for hydroxylation is 1. The largest absolute Gasteiger partial charge is 0.334 e. The van der Waals surface area contributed by atoms with E-state index in [4.69, 9.17) is 0 Å². The van der Waals surface area contributed by atoms with Gasteiger partial charge in [0.25, 0.3) is 5.91 Å². The highest BCUT2D eigenvalue weighted by Gasteiger charge is 2.64.